The van der Waals surface area contributed by atoms with Crippen LogP contribution in [0.4, 0.5) is 5.69 Å². The summed E-state index contributed by atoms with van der Waals surface area (Å²) in [6, 6.07) is 6.17. The van der Waals surface area contributed by atoms with Crippen molar-refractivity contribution >= 4 is 23.4 Å². The van der Waals surface area contributed by atoms with Crippen LogP contribution < -0.4 is 11.1 Å². The van der Waals surface area contributed by atoms with Gasteiger partial charge in [-0.1, -0.05) is 20.8 Å². The lowest BCUT2D eigenvalue weighted by Crippen LogP contribution is -2.55. The summed E-state index contributed by atoms with van der Waals surface area (Å²) in [5.41, 5.74) is 5.84. The van der Waals surface area contributed by atoms with E-state index in [4.69, 9.17) is 5.73 Å². The Hall–Kier alpha value is -2.41. The van der Waals surface area contributed by atoms with Crippen molar-refractivity contribution in [1.82, 2.24) is 9.80 Å². The van der Waals surface area contributed by atoms with Gasteiger partial charge in [0.25, 0.3) is 0 Å². The topological polar surface area (TPSA) is 95.7 Å². The zero-order valence-corrected chi connectivity index (χ0v) is 15.9. The van der Waals surface area contributed by atoms with Gasteiger partial charge in [0.05, 0.1) is 6.04 Å². The highest BCUT2D eigenvalue weighted by Crippen LogP contribution is 2.19. The van der Waals surface area contributed by atoms with Gasteiger partial charge in [-0.3, -0.25) is 19.3 Å². The first kappa shape index (κ1) is 19.9. The van der Waals surface area contributed by atoms with Crippen LogP contribution in [0.3, 0.4) is 0 Å². The zero-order chi connectivity index (χ0) is 19.5. The second-order valence-electron chi connectivity index (χ2n) is 7.68. The summed E-state index contributed by atoms with van der Waals surface area (Å²) >= 11 is 0. The molecule has 1 unspecified atom stereocenters. The third-order valence-electron chi connectivity index (χ3n) is 4.61. The van der Waals surface area contributed by atoms with Crippen LogP contribution >= 0.6 is 0 Å². The number of nitrogens with zero attached hydrogens (tertiary/aromatic N) is 2. The predicted octanol–water partition coefficient (Wildman–Crippen LogP) is 1.30. The number of nitrogens with two attached hydrogens (primary N) is 1. The molecular weight excluding hydrogens is 332 g/mol. The van der Waals surface area contributed by atoms with Crippen LogP contribution in [0.1, 0.15) is 38.1 Å². The molecule has 7 heteroatoms. The number of hydrogen-bond acceptors (Lipinski definition) is 4. The molecule has 3 N–H and O–H groups in total. The normalized spacial score (nSPS) is 16.8. The van der Waals surface area contributed by atoms with Crippen LogP contribution in [-0.4, -0.2) is 59.7 Å². The number of carbonyl (C=O) groups is 3. The van der Waals surface area contributed by atoms with Gasteiger partial charge in [-0.15, -0.1) is 0 Å². The molecule has 2 rings (SSSR count). The van der Waals surface area contributed by atoms with E-state index in [0.29, 0.717) is 37.4 Å². The molecule has 1 saturated heterocycles. The Kier molecular flexibility index (Phi) is 6.02. The first-order valence-electron chi connectivity index (χ1n) is 8.84. The van der Waals surface area contributed by atoms with E-state index in [1.165, 1.54) is 0 Å². The fourth-order valence-corrected chi connectivity index (χ4v) is 2.92. The van der Waals surface area contributed by atoms with Gasteiger partial charge in [0.15, 0.2) is 0 Å². The lowest BCUT2D eigenvalue weighted by atomic mass is 9.94. The highest BCUT2D eigenvalue weighted by molar-refractivity contribution is 5.96. The molecule has 142 valence electrons. The second-order valence-corrected chi connectivity index (χ2v) is 7.68. The Morgan fingerprint density at radius 2 is 1.58 bits per heavy atom. The van der Waals surface area contributed by atoms with Gasteiger partial charge >= 0.3 is 0 Å². The molecule has 7 nitrogen and oxygen atoms in total. The van der Waals surface area contributed by atoms with E-state index in [-0.39, 0.29) is 23.3 Å². The van der Waals surface area contributed by atoms with Crippen molar-refractivity contribution in [2.45, 2.75) is 33.7 Å². The van der Waals surface area contributed by atoms with Gasteiger partial charge in [0, 0.05) is 42.8 Å². The van der Waals surface area contributed by atoms with E-state index in [2.05, 4.69) is 10.2 Å². The van der Waals surface area contributed by atoms with Gasteiger partial charge in [0.1, 0.15) is 0 Å². The Balaban J connectivity index is 1.89. The van der Waals surface area contributed by atoms with E-state index >= 15 is 0 Å². The first-order valence-corrected chi connectivity index (χ1v) is 8.84. The summed E-state index contributed by atoms with van der Waals surface area (Å²) in [7, 11) is 0. The molecule has 0 spiro atoms. The number of hydrogen-bond donors (Lipinski definition) is 2. The van der Waals surface area contributed by atoms with Crippen LogP contribution in [0.15, 0.2) is 24.3 Å². The van der Waals surface area contributed by atoms with Crippen LogP contribution in [0.2, 0.25) is 0 Å². The maximum atomic E-state index is 12.5. The van der Waals surface area contributed by atoms with Gasteiger partial charge in [-0.05, 0) is 31.2 Å². The van der Waals surface area contributed by atoms with E-state index in [1.807, 2.05) is 32.6 Å². The Morgan fingerprint density at radius 3 is 2.04 bits per heavy atom. The Morgan fingerprint density at radius 1 is 1.04 bits per heavy atom. The van der Waals surface area contributed by atoms with Gasteiger partial charge in [-0.25, -0.2) is 0 Å². The molecular formula is C19H28N4O3. The van der Waals surface area contributed by atoms with Gasteiger partial charge < -0.3 is 16.0 Å². The summed E-state index contributed by atoms with van der Waals surface area (Å²) < 4.78 is 0. The van der Waals surface area contributed by atoms with E-state index in [1.54, 1.807) is 24.3 Å². The lowest BCUT2D eigenvalue weighted by Gasteiger charge is -2.39. The molecule has 1 fully saturated rings. The number of rotatable bonds is 4. The lowest BCUT2D eigenvalue weighted by molar-refractivity contribution is -0.141. The molecule has 3 amide bonds. The molecule has 1 atom stereocenters. The molecule has 0 aromatic heterocycles. The smallest absolute Gasteiger partial charge is 0.248 e. The van der Waals surface area contributed by atoms with Crippen LogP contribution in [0.25, 0.3) is 0 Å². The monoisotopic (exact) mass is 360 g/mol. The first-order chi connectivity index (χ1) is 12.1. The number of amides is 3. The Bertz CT molecular complexity index is 671. The van der Waals surface area contributed by atoms with Crippen LogP contribution in [-0.2, 0) is 9.59 Å². The quantitative estimate of drug-likeness (QED) is 0.846. The molecule has 26 heavy (non-hydrogen) atoms. The van der Waals surface area contributed by atoms with Gasteiger partial charge in [0.2, 0.25) is 17.7 Å². The molecule has 1 aromatic carbocycles. The van der Waals surface area contributed by atoms with Crippen molar-refractivity contribution in [2.75, 3.05) is 31.5 Å². The molecule has 0 aliphatic carbocycles. The summed E-state index contributed by atoms with van der Waals surface area (Å²) in [5.74, 6) is -0.477. The second kappa shape index (κ2) is 7.86. The predicted molar refractivity (Wildman–Crippen MR) is 101 cm³/mol. The van der Waals surface area contributed by atoms with Crippen molar-refractivity contribution in [3.8, 4) is 0 Å². The number of carbonyl (C=O) groups excluding carboxylic acids is 3. The molecule has 0 saturated carbocycles. The third-order valence-corrected chi connectivity index (χ3v) is 4.61. The fourth-order valence-electron chi connectivity index (χ4n) is 2.92. The fraction of sp³-hybridized carbons (Fsp3) is 0.526. The van der Waals surface area contributed by atoms with E-state index in [9.17, 15) is 14.4 Å². The van der Waals surface area contributed by atoms with Crippen molar-refractivity contribution < 1.29 is 14.4 Å². The Labute approximate surface area is 154 Å². The van der Waals surface area contributed by atoms with Crippen molar-refractivity contribution in [1.29, 1.82) is 0 Å². The minimum atomic E-state index is -0.501. The SMILES string of the molecule is CC(C(=O)Nc1ccc(C(N)=O)cc1)N1CCN(C(=O)C(C)(C)C)CC1. The minimum absolute atomic E-state index is 0.118. The average molecular weight is 360 g/mol. The molecule has 1 aromatic rings. The third kappa shape index (κ3) is 4.82. The largest absolute Gasteiger partial charge is 0.366 e. The van der Waals surface area contributed by atoms with Gasteiger partial charge in [-0.2, -0.15) is 0 Å². The maximum Gasteiger partial charge on any atom is 0.248 e. The summed E-state index contributed by atoms with van der Waals surface area (Å²) in [6.45, 7) is 10.2. The summed E-state index contributed by atoms with van der Waals surface area (Å²) in [6.07, 6.45) is 0. The standard InChI is InChI=1S/C19H28N4O3/c1-13(17(25)21-15-7-5-14(6-8-15)16(20)24)22-9-11-23(12-10-22)18(26)19(2,3)4/h5-8,13H,9-12H2,1-4H3,(H2,20,24)(H,21,25). The zero-order valence-electron chi connectivity index (χ0n) is 15.9. The van der Waals surface area contributed by atoms with Crippen LogP contribution in [0.5, 0.6) is 0 Å². The molecule has 1 heterocycles. The van der Waals surface area contributed by atoms with Crippen LogP contribution in [0, 0.1) is 5.41 Å². The summed E-state index contributed by atoms with van der Waals surface area (Å²) in [5, 5.41) is 2.85. The average Bonchev–Trinajstić information content (AvgIpc) is 2.60. The highest BCUT2D eigenvalue weighted by Gasteiger charge is 2.32. The number of primary amides is 1. The highest BCUT2D eigenvalue weighted by atomic mass is 16.2. The van der Waals surface area contributed by atoms with Crippen molar-refractivity contribution in [3.05, 3.63) is 29.8 Å². The summed E-state index contributed by atoms with van der Waals surface area (Å²) in [4.78, 5) is 39.8. The molecule has 0 bridgehead atoms. The maximum absolute atomic E-state index is 12.5. The number of anilines is 1. The van der Waals surface area contributed by atoms with E-state index in [0.717, 1.165) is 0 Å². The molecule has 1 aliphatic heterocycles. The minimum Gasteiger partial charge on any atom is -0.366 e. The van der Waals surface area contributed by atoms with Crippen molar-refractivity contribution in [3.63, 3.8) is 0 Å². The number of benzene rings is 1. The number of nitrogens with one attached hydrogen (secondary N) is 1. The number of piperazine rings is 1. The molecule has 0 radical (unpaired) electrons. The van der Waals surface area contributed by atoms with E-state index < -0.39 is 5.91 Å². The molecule has 1 aliphatic rings. The van der Waals surface area contributed by atoms with Crippen molar-refractivity contribution in [2.24, 2.45) is 11.1 Å².